The van der Waals surface area contributed by atoms with Crippen LogP contribution in [0.25, 0.3) is 0 Å². The molecule has 5 rings (SSSR count). The Bertz CT molecular complexity index is 801. The number of ether oxygens (including phenoxy) is 1. The normalized spacial score (nSPS) is 31.0. The molecule has 3 amide bonds. The lowest BCUT2D eigenvalue weighted by Crippen LogP contribution is -2.45. The van der Waals surface area contributed by atoms with Crippen LogP contribution in [0.3, 0.4) is 0 Å². The summed E-state index contributed by atoms with van der Waals surface area (Å²) in [5.41, 5.74) is 8.48. The molecule has 1 aromatic rings. The van der Waals surface area contributed by atoms with Gasteiger partial charge in [-0.2, -0.15) is 0 Å². The molecule has 27 heavy (non-hydrogen) atoms. The molecule has 0 aromatic heterocycles. The van der Waals surface area contributed by atoms with Crippen LogP contribution in [0.5, 0.6) is 0 Å². The minimum absolute atomic E-state index is 0. The van der Waals surface area contributed by atoms with E-state index in [-0.39, 0.29) is 48.9 Å². The number of imide groups is 1. The van der Waals surface area contributed by atoms with Gasteiger partial charge in [-0.1, -0.05) is 6.07 Å². The van der Waals surface area contributed by atoms with Gasteiger partial charge in [-0.25, -0.2) is 0 Å². The van der Waals surface area contributed by atoms with Gasteiger partial charge in [0.2, 0.25) is 17.7 Å². The van der Waals surface area contributed by atoms with E-state index in [0.29, 0.717) is 12.2 Å². The molecule has 4 atom stereocenters. The number of likely N-dealkylation sites (tertiary alicyclic amines) is 1. The first kappa shape index (κ1) is 18.3. The van der Waals surface area contributed by atoms with Crippen molar-refractivity contribution in [1.82, 2.24) is 4.90 Å². The molecule has 0 radical (unpaired) electrons. The molecule has 1 aromatic carbocycles. The van der Waals surface area contributed by atoms with Crippen LogP contribution in [0, 0.1) is 11.8 Å². The van der Waals surface area contributed by atoms with E-state index in [9.17, 15) is 14.4 Å². The number of carbonyl (C=O) groups excluding carboxylic acids is 3. The lowest BCUT2D eigenvalue weighted by Gasteiger charge is -2.31. The van der Waals surface area contributed by atoms with E-state index in [2.05, 4.69) is 0 Å². The highest BCUT2D eigenvalue weighted by Gasteiger charge is 2.62. The molecule has 3 saturated heterocycles. The second-order valence-electron chi connectivity index (χ2n) is 7.60. The first-order valence-electron chi connectivity index (χ1n) is 9.24. The van der Waals surface area contributed by atoms with Gasteiger partial charge in [0, 0.05) is 17.9 Å². The number of nitrogens with two attached hydrogens (primary N) is 1. The Kier molecular flexibility index (Phi) is 4.39. The summed E-state index contributed by atoms with van der Waals surface area (Å²) in [6, 6.07) is 5.53. The fourth-order valence-corrected chi connectivity index (χ4v) is 5.06. The minimum atomic E-state index is -0.390. The molecule has 3 fully saturated rings. The Morgan fingerprint density at radius 2 is 1.81 bits per heavy atom. The Hall–Kier alpha value is -2.12. The van der Waals surface area contributed by atoms with Gasteiger partial charge < -0.3 is 15.4 Å². The maximum Gasteiger partial charge on any atom is 0.247 e. The van der Waals surface area contributed by atoms with Crippen molar-refractivity contribution in [3.8, 4) is 0 Å². The number of fused-ring (bicyclic) bond motifs is 6. The third-order valence-corrected chi connectivity index (χ3v) is 6.26. The fourth-order valence-electron chi connectivity index (χ4n) is 5.06. The number of nitrogen functional groups attached to an aromatic ring is 1. The van der Waals surface area contributed by atoms with Gasteiger partial charge in [-0.3, -0.25) is 19.3 Å². The van der Waals surface area contributed by atoms with Crippen molar-refractivity contribution in [1.29, 1.82) is 0 Å². The highest BCUT2D eigenvalue weighted by Crippen LogP contribution is 2.48. The number of carbonyl (C=O) groups is 3. The maximum atomic E-state index is 12.9. The SMILES string of the molecule is Cl.Nc1cccc2c1CCCN2C(=O)CN1C(=O)C2C3CCC(O3)C2C1=O. The van der Waals surface area contributed by atoms with Crippen LogP contribution in [0.4, 0.5) is 11.4 Å². The number of halogens is 1. The van der Waals surface area contributed by atoms with Crippen molar-refractivity contribution in [2.75, 3.05) is 23.7 Å². The quantitative estimate of drug-likeness (QED) is 0.602. The second-order valence-corrected chi connectivity index (χ2v) is 7.60. The molecule has 2 bridgehead atoms. The zero-order chi connectivity index (χ0) is 18.0. The first-order chi connectivity index (χ1) is 12.6. The molecule has 8 heteroatoms. The fraction of sp³-hybridized carbons (Fsp3) is 0.526. The third kappa shape index (κ3) is 2.56. The van der Waals surface area contributed by atoms with Gasteiger partial charge in [0.15, 0.2) is 0 Å². The van der Waals surface area contributed by atoms with Gasteiger partial charge in [0.25, 0.3) is 0 Å². The summed E-state index contributed by atoms with van der Waals surface area (Å²) in [7, 11) is 0. The lowest BCUT2D eigenvalue weighted by atomic mass is 9.81. The van der Waals surface area contributed by atoms with Crippen molar-refractivity contribution in [3.63, 3.8) is 0 Å². The van der Waals surface area contributed by atoms with Crippen molar-refractivity contribution in [2.24, 2.45) is 11.8 Å². The van der Waals surface area contributed by atoms with Crippen LogP contribution in [-0.2, 0) is 25.5 Å². The number of amides is 3. The van der Waals surface area contributed by atoms with Crippen LogP contribution in [-0.4, -0.2) is 47.9 Å². The zero-order valence-electron chi connectivity index (χ0n) is 14.8. The Morgan fingerprint density at radius 3 is 2.48 bits per heavy atom. The van der Waals surface area contributed by atoms with Crippen LogP contribution in [0.1, 0.15) is 24.8 Å². The molecule has 0 saturated carbocycles. The number of rotatable bonds is 2. The summed E-state index contributed by atoms with van der Waals surface area (Å²) in [5.74, 6) is -1.50. The smallest absolute Gasteiger partial charge is 0.247 e. The second kappa shape index (κ2) is 6.49. The summed E-state index contributed by atoms with van der Waals surface area (Å²) < 4.78 is 5.73. The molecule has 0 aliphatic carbocycles. The number of hydrogen-bond acceptors (Lipinski definition) is 5. The standard InChI is InChI=1S/C19H21N3O4.ClH/c20-11-4-1-5-12-10(11)3-2-8-21(12)15(23)9-22-18(24)16-13-6-7-14(26-13)17(16)19(22)25;/h1,4-5,13-14,16-17H,2-3,6-9,20H2;1H. The van der Waals surface area contributed by atoms with Crippen LogP contribution >= 0.6 is 12.4 Å². The highest BCUT2D eigenvalue weighted by atomic mass is 35.5. The van der Waals surface area contributed by atoms with Gasteiger partial charge in [-0.05, 0) is 43.4 Å². The molecule has 144 valence electrons. The Labute approximate surface area is 163 Å². The van der Waals surface area contributed by atoms with E-state index in [1.165, 1.54) is 0 Å². The summed E-state index contributed by atoms with van der Waals surface area (Å²) >= 11 is 0. The van der Waals surface area contributed by atoms with Gasteiger partial charge in [-0.15, -0.1) is 12.4 Å². The predicted octanol–water partition coefficient (Wildman–Crippen LogP) is 1.13. The Morgan fingerprint density at radius 1 is 1.15 bits per heavy atom. The molecule has 4 unspecified atom stereocenters. The zero-order valence-corrected chi connectivity index (χ0v) is 15.6. The molecule has 7 nitrogen and oxygen atoms in total. The van der Waals surface area contributed by atoms with Crippen molar-refractivity contribution in [3.05, 3.63) is 23.8 Å². The van der Waals surface area contributed by atoms with Crippen LogP contribution in [0.2, 0.25) is 0 Å². The van der Waals surface area contributed by atoms with E-state index < -0.39 is 11.8 Å². The molecule has 2 N–H and O–H groups in total. The minimum Gasteiger partial charge on any atom is -0.398 e. The molecular formula is C19H22ClN3O4. The lowest BCUT2D eigenvalue weighted by molar-refractivity contribution is -0.145. The van der Waals surface area contributed by atoms with E-state index in [4.69, 9.17) is 10.5 Å². The van der Waals surface area contributed by atoms with Gasteiger partial charge >= 0.3 is 0 Å². The average Bonchev–Trinajstić information content (AvgIpc) is 3.31. The van der Waals surface area contributed by atoms with E-state index in [0.717, 1.165) is 41.8 Å². The molecule has 4 aliphatic rings. The Balaban J connectivity index is 0.00000180. The highest BCUT2D eigenvalue weighted by molar-refractivity contribution is 6.10. The molecular weight excluding hydrogens is 370 g/mol. The maximum absolute atomic E-state index is 12.9. The average molecular weight is 392 g/mol. The van der Waals surface area contributed by atoms with E-state index in [1.54, 1.807) is 4.90 Å². The number of benzene rings is 1. The van der Waals surface area contributed by atoms with E-state index >= 15 is 0 Å². The number of nitrogens with zero attached hydrogens (tertiary/aromatic N) is 2. The van der Waals surface area contributed by atoms with Crippen molar-refractivity contribution in [2.45, 2.75) is 37.9 Å². The summed E-state index contributed by atoms with van der Waals surface area (Å²) in [6.07, 6.45) is 2.99. The largest absolute Gasteiger partial charge is 0.398 e. The number of anilines is 2. The number of hydrogen-bond donors (Lipinski definition) is 1. The van der Waals surface area contributed by atoms with Crippen LogP contribution < -0.4 is 10.6 Å². The molecule has 4 aliphatic heterocycles. The predicted molar refractivity (Wildman–Crippen MR) is 100 cm³/mol. The van der Waals surface area contributed by atoms with Gasteiger partial charge in [0.1, 0.15) is 6.54 Å². The topological polar surface area (TPSA) is 92.9 Å². The third-order valence-electron chi connectivity index (χ3n) is 6.26. The summed E-state index contributed by atoms with van der Waals surface area (Å²) in [6.45, 7) is 0.380. The molecule has 0 spiro atoms. The van der Waals surface area contributed by atoms with Crippen molar-refractivity contribution >= 4 is 41.5 Å². The van der Waals surface area contributed by atoms with Crippen molar-refractivity contribution < 1.29 is 19.1 Å². The van der Waals surface area contributed by atoms with Crippen LogP contribution in [0.15, 0.2) is 18.2 Å². The monoisotopic (exact) mass is 391 g/mol. The summed E-state index contributed by atoms with van der Waals surface area (Å²) in [4.78, 5) is 41.2. The summed E-state index contributed by atoms with van der Waals surface area (Å²) in [5, 5.41) is 0. The van der Waals surface area contributed by atoms with Gasteiger partial charge in [0.05, 0.1) is 24.0 Å². The van der Waals surface area contributed by atoms with E-state index in [1.807, 2.05) is 18.2 Å². The molecule has 4 heterocycles. The first-order valence-corrected chi connectivity index (χ1v) is 9.24.